The quantitative estimate of drug-likeness (QED) is 0.868. The number of hydrogen-bond donors (Lipinski definition) is 0. The van der Waals surface area contributed by atoms with Gasteiger partial charge >= 0.3 is 0 Å². The molecule has 1 fully saturated rings. The van der Waals surface area contributed by atoms with Crippen molar-refractivity contribution >= 4 is 5.57 Å². The van der Waals surface area contributed by atoms with Crippen molar-refractivity contribution in [2.24, 2.45) is 0 Å². The smallest absolute Gasteiger partial charge is 0.0658 e. The van der Waals surface area contributed by atoms with E-state index in [0.717, 1.165) is 26.2 Å². The number of hydrogen-bond acceptors (Lipinski definition) is 3. The van der Waals surface area contributed by atoms with Crippen molar-refractivity contribution < 1.29 is 4.74 Å². The van der Waals surface area contributed by atoms with Gasteiger partial charge in [0.05, 0.1) is 19.3 Å². The standard InChI is InChI=1S/C20H22N2O/c1-15-7-18(11-21-10-15)17-8-19-13-23-14-20(9-17)22(19)12-16-5-3-2-4-6-16/h2-8,10-11,19-20H,9,12-14H2,1H3. The van der Waals surface area contributed by atoms with E-state index in [0.29, 0.717) is 12.1 Å². The third-order valence-corrected chi connectivity index (χ3v) is 4.80. The minimum absolute atomic E-state index is 0.359. The molecule has 23 heavy (non-hydrogen) atoms. The van der Waals surface area contributed by atoms with Gasteiger partial charge in [0.15, 0.2) is 0 Å². The fourth-order valence-corrected chi connectivity index (χ4v) is 3.65. The van der Waals surface area contributed by atoms with E-state index in [-0.39, 0.29) is 0 Å². The van der Waals surface area contributed by atoms with Crippen LogP contribution < -0.4 is 0 Å². The number of pyridine rings is 1. The topological polar surface area (TPSA) is 25.4 Å². The average Bonchev–Trinajstić information content (AvgIpc) is 2.55. The largest absolute Gasteiger partial charge is 0.378 e. The summed E-state index contributed by atoms with van der Waals surface area (Å²) in [7, 11) is 0. The van der Waals surface area contributed by atoms with E-state index >= 15 is 0 Å². The van der Waals surface area contributed by atoms with Crippen molar-refractivity contribution in [3.05, 3.63) is 71.6 Å². The number of aryl methyl sites for hydroxylation is 1. The van der Waals surface area contributed by atoms with Crippen LogP contribution in [-0.4, -0.2) is 35.2 Å². The summed E-state index contributed by atoms with van der Waals surface area (Å²) in [6, 6.07) is 13.8. The van der Waals surface area contributed by atoms with Crippen LogP contribution in [0.5, 0.6) is 0 Å². The number of nitrogens with zero attached hydrogens (tertiary/aromatic N) is 2. The van der Waals surface area contributed by atoms with Crippen molar-refractivity contribution in [2.45, 2.75) is 32.0 Å². The van der Waals surface area contributed by atoms with Gasteiger partial charge in [-0.1, -0.05) is 36.4 Å². The molecule has 3 heterocycles. The van der Waals surface area contributed by atoms with Gasteiger partial charge in [-0.15, -0.1) is 0 Å². The lowest BCUT2D eigenvalue weighted by atomic mass is 9.89. The van der Waals surface area contributed by atoms with Crippen LogP contribution in [0, 0.1) is 6.92 Å². The molecule has 0 amide bonds. The molecule has 2 bridgehead atoms. The molecular weight excluding hydrogens is 284 g/mol. The Kier molecular flexibility index (Phi) is 3.98. The summed E-state index contributed by atoms with van der Waals surface area (Å²) in [6.07, 6.45) is 7.32. The molecule has 0 radical (unpaired) electrons. The third kappa shape index (κ3) is 3.07. The Hall–Kier alpha value is -1.97. The molecule has 2 atom stereocenters. The van der Waals surface area contributed by atoms with E-state index in [1.807, 2.05) is 12.4 Å². The van der Waals surface area contributed by atoms with Crippen molar-refractivity contribution in [3.8, 4) is 0 Å². The van der Waals surface area contributed by atoms with E-state index in [9.17, 15) is 0 Å². The van der Waals surface area contributed by atoms with Crippen LogP contribution in [0.1, 0.15) is 23.1 Å². The van der Waals surface area contributed by atoms with E-state index in [1.54, 1.807) is 0 Å². The van der Waals surface area contributed by atoms with Gasteiger partial charge in [0, 0.05) is 25.0 Å². The summed E-state index contributed by atoms with van der Waals surface area (Å²) < 4.78 is 5.81. The van der Waals surface area contributed by atoms with Gasteiger partial charge in [-0.2, -0.15) is 0 Å². The Morgan fingerprint density at radius 1 is 1.17 bits per heavy atom. The van der Waals surface area contributed by atoms with Gasteiger partial charge in [-0.25, -0.2) is 0 Å². The van der Waals surface area contributed by atoms with Gasteiger partial charge in [-0.3, -0.25) is 9.88 Å². The summed E-state index contributed by atoms with van der Waals surface area (Å²) in [4.78, 5) is 6.94. The maximum Gasteiger partial charge on any atom is 0.0658 e. The van der Waals surface area contributed by atoms with Crippen LogP contribution in [0.4, 0.5) is 0 Å². The van der Waals surface area contributed by atoms with Crippen molar-refractivity contribution in [2.75, 3.05) is 13.2 Å². The Bertz CT molecular complexity index is 711. The predicted octanol–water partition coefficient (Wildman–Crippen LogP) is 3.45. The Morgan fingerprint density at radius 2 is 2.04 bits per heavy atom. The molecule has 2 aromatic rings. The van der Waals surface area contributed by atoms with Gasteiger partial charge < -0.3 is 4.74 Å². The second-order valence-electron chi connectivity index (χ2n) is 6.56. The predicted molar refractivity (Wildman–Crippen MR) is 91.9 cm³/mol. The lowest BCUT2D eigenvalue weighted by Gasteiger charge is -2.44. The highest BCUT2D eigenvalue weighted by atomic mass is 16.5. The van der Waals surface area contributed by atoms with Crippen LogP contribution in [0.3, 0.4) is 0 Å². The molecule has 118 valence electrons. The molecule has 2 aliphatic rings. The second-order valence-corrected chi connectivity index (χ2v) is 6.56. The van der Waals surface area contributed by atoms with Crippen LogP contribution in [-0.2, 0) is 11.3 Å². The number of rotatable bonds is 3. The number of morpholine rings is 1. The first-order valence-corrected chi connectivity index (χ1v) is 8.30. The summed E-state index contributed by atoms with van der Waals surface area (Å²) in [5.74, 6) is 0. The van der Waals surface area contributed by atoms with Crippen LogP contribution in [0.15, 0.2) is 54.9 Å². The number of fused-ring (bicyclic) bond motifs is 2. The molecule has 3 nitrogen and oxygen atoms in total. The Labute approximate surface area is 137 Å². The number of benzene rings is 1. The first-order chi connectivity index (χ1) is 11.3. The normalized spacial score (nSPS) is 24.3. The first-order valence-electron chi connectivity index (χ1n) is 8.30. The maximum atomic E-state index is 5.81. The zero-order valence-corrected chi connectivity index (χ0v) is 13.5. The average molecular weight is 306 g/mol. The summed E-state index contributed by atoms with van der Waals surface area (Å²) in [5, 5.41) is 0. The van der Waals surface area contributed by atoms with Gasteiger partial charge in [0.2, 0.25) is 0 Å². The van der Waals surface area contributed by atoms with Gasteiger partial charge in [-0.05, 0) is 41.7 Å². The van der Waals surface area contributed by atoms with Crippen LogP contribution in [0.25, 0.3) is 5.57 Å². The SMILES string of the molecule is Cc1cncc(C2=CC3COCC(C2)N3Cc2ccccc2)c1. The molecule has 3 heteroatoms. The highest BCUT2D eigenvalue weighted by Crippen LogP contribution is 2.33. The first kappa shape index (κ1) is 14.6. The summed E-state index contributed by atoms with van der Waals surface area (Å²) in [6.45, 7) is 4.70. The molecule has 1 aromatic carbocycles. The van der Waals surface area contributed by atoms with Crippen molar-refractivity contribution in [3.63, 3.8) is 0 Å². The minimum Gasteiger partial charge on any atom is -0.378 e. The monoisotopic (exact) mass is 306 g/mol. The maximum absolute atomic E-state index is 5.81. The van der Waals surface area contributed by atoms with Gasteiger partial charge in [0.1, 0.15) is 0 Å². The zero-order valence-electron chi connectivity index (χ0n) is 13.5. The van der Waals surface area contributed by atoms with Crippen molar-refractivity contribution in [1.82, 2.24) is 9.88 Å². The van der Waals surface area contributed by atoms with Gasteiger partial charge in [0.25, 0.3) is 0 Å². The molecule has 0 N–H and O–H groups in total. The Morgan fingerprint density at radius 3 is 2.83 bits per heavy atom. The molecular formula is C20H22N2O. The van der Waals surface area contributed by atoms with Crippen LogP contribution >= 0.6 is 0 Å². The molecule has 0 saturated carbocycles. The molecule has 0 aliphatic carbocycles. The zero-order chi connectivity index (χ0) is 15.6. The summed E-state index contributed by atoms with van der Waals surface area (Å²) in [5.41, 5.74) is 5.28. The minimum atomic E-state index is 0.359. The molecule has 0 spiro atoms. The lowest BCUT2D eigenvalue weighted by Crippen LogP contribution is -2.53. The third-order valence-electron chi connectivity index (χ3n) is 4.80. The molecule has 2 unspecified atom stereocenters. The fraction of sp³-hybridized carbons (Fsp3) is 0.350. The lowest BCUT2D eigenvalue weighted by molar-refractivity contribution is -0.0402. The van der Waals surface area contributed by atoms with E-state index in [2.05, 4.69) is 59.3 Å². The van der Waals surface area contributed by atoms with E-state index in [1.165, 1.54) is 22.3 Å². The Balaban J connectivity index is 1.60. The highest BCUT2D eigenvalue weighted by Gasteiger charge is 2.34. The van der Waals surface area contributed by atoms with Crippen LogP contribution in [0.2, 0.25) is 0 Å². The second kappa shape index (κ2) is 6.26. The summed E-state index contributed by atoms with van der Waals surface area (Å²) >= 11 is 0. The number of aromatic nitrogens is 1. The van der Waals surface area contributed by atoms with E-state index in [4.69, 9.17) is 4.74 Å². The molecule has 1 aromatic heterocycles. The van der Waals surface area contributed by atoms with E-state index < -0.39 is 0 Å². The molecule has 4 rings (SSSR count). The number of ether oxygens (including phenoxy) is 1. The van der Waals surface area contributed by atoms with Crippen molar-refractivity contribution in [1.29, 1.82) is 0 Å². The fourth-order valence-electron chi connectivity index (χ4n) is 3.65. The highest BCUT2D eigenvalue weighted by molar-refractivity contribution is 5.67. The molecule has 1 saturated heterocycles. The molecule has 2 aliphatic heterocycles.